The monoisotopic (exact) mass is 1050 g/mol. The van der Waals surface area contributed by atoms with Crippen LogP contribution >= 0.6 is 0 Å². The van der Waals surface area contributed by atoms with Crippen LogP contribution in [0.4, 0.5) is 17.1 Å². The van der Waals surface area contributed by atoms with Crippen LogP contribution in [0.2, 0.25) is 0 Å². The fourth-order valence-electron chi connectivity index (χ4n) is 14.6. The third kappa shape index (κ3) is 6.97. The first-order chi connectivity index (χ1) is 41.2. The highest BCUT2D eigenvalue weighted by Gasteiger charge is 2.52. The van der Waals surface area contributed by atoms with E-state index >= 15 is 0 Å². The van der Waals surface area contributed by atoms with Crippen LogP contribution in [0.15, 0.2) is 315 Å². The highest BCUT2D eigenvalue weighted by molar-refractivity contribution is 6.19. The molecule has 0 aliphatic heterocycles. The highest BCUT2D eigenvalue weighted by atomic mass is 15.1. The van der Waals surface area contributed by atoms with Gasteiger partial charge in [0, 0.05) is 32.8 Å². The van der Waals surface area contributed by atoms with Crippen molar-refractivity contribution in [2.45, 2.75) is 5.41 Å². The van der Waals surface area contributed by atoms with E-state index in [0.29, 0.717) is 0 Å². The molecule has 0 saturated heterocycles. The maximum atomic E-state index is 2.54. The van der Waals surface area contributed by atoms with Gasteiger partial charge in [-0.1, -0.05) is 267 Å². The number of benzene rings is 14. The number of aromatic nitrogens is 1. The Bertz CT molecular complexity index is 5030. The Morgan fingerprint density at radius 1 is 0.253 bits per heavy atom. The molecule has 1 spiro atoms. The van der Waals surface area contributed by atoms with Crippen molar-refractivity contribution in [2.24, 2.45) is 0 Å². The molecule has 0 amide bonds. The Morgan fingerprint density at radius 2 is 0.735 bits per heavy atom. The molecule has 0 N–H and O–H groups in total. The van der Waals surface area contributed by atoms with Crippen LogP contribution in [0.1, 0.15) is 22.3 Å². The van der Waals surface area contributed by atoms with Crippen LogP contribution in [0.5, 0.6) is 0 Å². The number of hydrogen-bond acceptors (Lipinski definition) is 1. The molecular weight excluding hydrogens is 1000 g/mol. The van der Waals surface area contributed by atoms with Gasteiger partial charge in [0.15, 0.2) is 0 Å². The van der Waals surface area contributed by atoms with Gasteiger partial charge in [-0.25, -0.2) is 0 Å². The van der Waals surface area contributed by atoms with Gasteiger partial charge in [-0.2, -0.15) is 0 Å². The van der Waals surface area contributed by atoms with E-state index in [2.05, 4.69) is 325 Å². The maximum Gasteiger partial charge on any atom is 0.0726 e. The van der Waals surface area contributed by atoms with Crippen LogP contribution < -0.4 is 4.90 Å². The zero-order chi connectivity index (χ0) is 54.6. The van der Waals surface area contributed by atoms with Crippen molar-refractivity contribution in [2.75, 3.05) is 4.90 Å². The molecule has 15 aromatic rings. The summed E-state index contributed by atoms with van der Waals surface area (Å²) in [6.07, 6.45) is 0. The molecule has 0 atom stereocenters. The number of nitrogens with zero attached hydrogens (tertiary/aromatic N) is 2. The Hall–Kier alpha value is -10.8. The van der Waals surface area contributed by atoms with Crippen LogP contribution in [-0.4, -0.2) is 4.57 Å². The second kappa shape index (κ2) is 18.6. The summed E-state index contributed by atoms with van der Waals surface area (Å²) in [4.78, 5) is 2.54. The van der Waals surface area contributed by atoms with Crippen molar-refractivity contribution in [3.63, 3.8) is 0 Å². The molecule has 0 unspecified atom stereocenters. The summed E-state index contributed by atoms with van der Waals surface area (Å²) in [7, 11) is 0. The molecule has 386 valence electrons. The molecule has 1 heterocycles. The van der Waals surface area contributed by atoms with Crippen molar-refractivity contribution in [3.05, 3.63) is 338 Å². The van der Waals surface area contributed by atoms with Gasteiger partial charge >= 0.3 is 0 Å². The average molecular weight is 1050 g/mol. The lowest BCUT2D eigenvalue weighted by Gasteiger charge is -2.32. The normalized spacial score (nSPS) is 12.7. The average Bonchev–Trinajstić information content (AvgIpc) is 1.99. The van der Waals surface area contributed by atoms with Gasteiger partial charge in [-0.15, -0.1) is 0 Å². The molecule has 1 aromatic heterocycles. The summed E-state index contributed by atoms with van der Waals surface area (Å²) >= 11 is 0. The highest BCUT2D eigenvalue weighted by Crippen LogP contribution is 2.65. The molecule has 2 heteroatoms. The minimum absolute atomic E-state index is 0.481. The van der Waals surface area contributed by atoms with Crippen molar-refractivity contribution in [1.82, 2.24) is 4.57 Å². The van der Waals surface area contributed by atoms with Gasteiger partial charge in [0.25, 0.3) is 0 Å². The number of rotatable bonds is 8. The predicted molar refractivity (Wildman–Crippen MR) is 349 cm³/mol. The predicted octanol–water partition coefficient (Wildman–Crippen LogP) is 21.6. The second-order valence-corrected chi connectivity index (χ2v) is 22.2. The smallest absolute Gasteiger partial charge is 0.0726 e. The van der Waals surface area contributed by atoms with Crippen LogP contribution in [-0.2, 0) is 5.41 Å². The molecule has 0 fully saturated rings. The Kier molecular flexibility index (Phi) is 10.6. The van der Waals surface area contributed by atoms with Gasteiger partial charge in [0.2, 0.25) is 0 Å². The summed E-state index contributed by atoms with van der Waals surface area (Å²) in [6.45, 7) is 0. The quantitative estimate of drug-likeness (QED) is 0.147. The van der Waals surface area contributed by atoms with Gasteiger partial charge < -0.3 is 9.47 Å². The van der Waals surface area contributed by atoms with E-state index < -0.39 is 5.41 Å². The summed E-state index contributed by atoms with van der Waals surface area (Å²) in [5.41, 5.74) is 26.4. The van der Waals surface area contributed by atoms with Crippen LogP contribution in [0, 0.1) is 0 Å². The van der Waals surface area contributed by atoms with Gasteiger partial charge in [0.1, 0.15) is 0 Å². The number of anilines is 3. The van der Waals surface area contributed by atoms with Gasteiger partial charge in [-0.05, 0) is 143 Å². The minimum atomic E-state index is -0.481. The van der Waals surface area contributed by atoms with E-state index in [1.54, 1.807) is 0 Å². The lowest BCUT2D eigenvalue weighted by molar-refractivity contribution is 0.794. The SMILES string of the molecule is c1ccc(-c2ccc(N(c3cccc4c3-c3ccccc3C43c4ccccc4-c4ccccc43)c3ccc(-c4ccc(-n5c6ccc(-c7ccccc7)cc6c6c(-c7ccccc7)cccc65)c5ccccc45)c4ccccc34)cc2)cc1. The fraction of sp³-hybridized carbons (Fsp3) is 0.0123. The lowest BCUT2D eigenvalue weighted by Crippen LogP contribution is -2.26. The fourth-order valence-corrected chi connectivity index (χ4v) is 14.6. The molecule has 0 radical (unpaired) electrons. The first-order valence-electron chi connectivity index (χ1n) is 28.8. The molecule has 14 aromatic carbocycles. The summed E-state index contributed by atoms with van der Waals surface area (Å²) in [6, 6.07) is 117. The summed E-state index contributed by atoms with van der Waals surface area (Å²) in [5, 5.41) is 7.24. The molecule has 0 saturated carbocycles. The zero-order valence-corrected chi connectivity index (χ0v) is 45.4. The first-order valence-corrected chi connectivity index (χ1v) is 28.8. The Balaban J connectivity index is 0.875. The molecule has 2 aliphatic rings. The van der Waals surface area contributed by atoms with Gasteiger partial charge in [0.05, 0.1) is 33.5 Å². The molecule has 2 aliphatic carbocycles. The van der Waals surface area contributed by atoms with Crippen LogP contribution in [0.3, 0.4) is 0 Å². The van der Waals surface area contributed by atoms with Gasteiger partial charge in [-0.3, -0.25) is 0 Å². The van der Waals surface area contributed by atoms with Crippen molar-refractivity contribution in [1.29, 1.82) is 0 Å². The number of fused-ring (bicyclic) bond motifs is 15. The van der Waals surface area contributed by atoms with E-state index in [1.807, 2.05) is 0 Å². The molecular formula is C81H52N2. The number of hydrogen-bond donors (Lipinski definition) is 0. The molecule has 83 heavy (non-hydrogen) atoms. The molecule has 17 rings (SSSR count). The maximum absolute atomic E-state index is 2.54. The van der Waals surface area contributed by atoms with Crippen molar-refractivity contribution < 1.29 is 0 Å². The van der Waals surface area contributed by atoms with E-state index in [1.165, 1.54) is 132 Å². The topological polar surface area (TPSA) is 8.17 Å². The van der Waals surface area contributed by atoms with E-state index in [9.17, 15) is 0 Å². The standard InChI is InChI=1S/C81H52N2/c1-4-22-53(23-5-1)55-42-45-58(46-43-55)82(78-41-21-39-73-80(78)68-34-16-19-38-72(68)81(73)70-36-17-14-30-64(70)65-31-15-18-37-71(65)81)74-50-47-62(60-28-10-12-32-66(60)74)63-48-51-75(67-33-13-11-29-61(63)67)83-76-49-44-57(54-24-6-2-7-25-54)52-69(76)79-59(35-20-40-77(79)83)56-26-8-3-9-27-56/h1-52H. The molecule has 0 bridgehead atoms. The van der Waals surface area contributed by atoms with E-state index in [-0.39, 0.29) is 0 Å². The summed E-state index contributed by atoms with van der Waals surface area (Å²) < 4.78 is 2.50. The second-order valence-electron chi connectivity index (χ2n) is 22.2. The largest absolute Gasteiger partial charge is 0.309 e. The lowest BCUT2D eigenvalue weighted by atomic mass is 9.70. The first kappa shape index (κ1) is 47.1. The third-order valence-electron chi connectivity index (χ3n) is 18.0. The Morgan fingerprint density at radius 3 is 1.41 bits per heavy atom. The van der Waals surface area contributed by atoms with Crippen molar-refractivity contribution in [3.8, 4) is 72.4 Å². The Labute approximate surface area is 482 Å². The minimum Gasteiger partial charge on any atom is -0.309 e. The third-order valence-corrected chi connectivity index (χ3v) is 18.0. The van der Waals surface area contributed by atoms with Crippen molar-refractivity contribution >= 4 is 60.4 Å². The molecule has 2 nitrogen and oxygen atoms in total. The van der Waals surface area contributed by atoms with Crippen LogP contribution in [0.25, 0.3) is 116 Å². The zero-order valence-electron chi connectivity index (χ0n) is 45.4. The summed E-state index contributed by atoms with van der Waals surface area (Å²) in [5.74, 6) is 0. The van der Waals surface area contributed by atoms with E-state index in [4.69, 9.17) is 0 Å². The van der Waals surface area contributed by atoms with E-state index in [0.717, 1.165) is 22.7 Å².